The summed E-state index contributed by atoms with van der Waals surface area (Å²) in [5.41, 5.74) is -0.611. The molecule has 0 aromatic heterocycles. The Kier molecular flexibility index (Phi) is 6.02. The zero-order valence-corrected chi connectivity index (χ0v) is 17.7. The van der Waals surface area contributed by atoms with Gasteiger partial charge in [-0.1, -0.05) is 32.9 Å². The first-order valence-corrected chi connectivity index (χ1v) is 10.8. The molecule has 1 N–H and O–H groups in total. The van der Waals surface area contributed by atoms with Crippen LogP contribution in [0.5, 0.6) is 11.5 Å². The van der Waals surface area contributed by atoms with E-state index in [1.54, 1.807) is 32.9 Å². The molecule has 0 saturated carbocycles. The van der Waals surface area contributed by atoms with Gasteiger partial charge in [-0.3, -0.25) is 9.52 Å². The highest BCUT2D eigenvalue weighted by atomic mass is 32.2. The standard InChI is InChI=1S/C21H23NO7S/c1-21(2,3)19(23)13-29-20(24)15-6-4-5-7-16(15)22-30(25,26)14-8-9-17-18(12-14)28-11-10-27-17/h4-9,12,22H,10-11,13H2,1-3H3. The highest BCUT2D eigenvalue weighted by Gasteiger charge is 2.25. The molecule has 0 unspecified atom stereocenters. The van der Waals surface area contributed by atoms with Gasteiger partial charge in [0, 0.05) is 11.5 Å². The minimum Gasteiger partial charge on any atom is -0.486 e. The molecular weight excluding hydrogens is 410 g/mol. The number of hydrogen-bond acceptors (Lipinski definition) is 7. The van der Waals surface area contributed by atoms with Crippen molar-refractivity contribution in [3.05, 3.63) is 48.0 Å². The molecule has 160 valence electrons. The zero-order chi connectivity index (χ0) is 21.9. The lowest BCUT2D eigenvalue weighted by Gasteiger charge is -2.19. The fourth-order valence-electron chi connectivity index (χ4n) is 2.57. The van der Waals surface area contributed by atoms with E-state index in [0.29, 0.717) is 24.7 Å². The number of carbonyl (C=O) groups excluding carboxylic acids is 2. The molecule has 2 aromatic carbocycles. The van der Waals surface area contributed by atoms with Crippen LogP contribution >= 0.6 is 0 Å². The molecule has 30 heavy (non-hydrogen) atoms. The Balaban J connectivity index is 1.80. The Morgan fingerprint density at radius 3 is 2.40 bits per heavy atom. The van der Waals surface area contributed by atoms with Gasteiger partial charge in [0.05, 0.1) is 16.1 Å². The summed E-state index contributed by atoms with van der Waals surface area (Å²) in [6.07, 6.45) is 0. The molecule has 0 fully saturated rings. The maximum absolute atomic E-state index is 12.8. The molecule has 0 aliphatic carbocycles. The number of hydrogen-bond donors (Lipinski definition) is 1. The van der Waals surface area contributed by atoms with Gasteiger partial charge in [-0.05, 0) is 24.3 Å². The highest BCUT2D eigenvalue weighted by molar-refractivity contribution is 7.92. The molecular formula is C21H23NO7S. The number of esters is 1. The van der Waals surface area contributed by atoms with Crippen molar-refractivity contribution in [2.24, 2.45) is 5.41 Å². The molecule has 2 aromatic rings. The van der Waals surface area contributed by atoms with Crippen molar-refractivity contribution in [1.82, 2.24) is 0 Å². The lowest BCUT2D eigenvalue weighted by Crippen LogP contribution is -2.26. The highest BCUT2D eigenvalue weighted by Crippen LogP contribution is 2.33. The summed E-state index contributed by atoms with van der Waals surface area (Å²) in [6.45, 7) is 5.48. The van der Waals surface area contributed by atoms with Crippen molar-refractivity contribution < 1.29 is 32.2 Å². The molecule has 1 aliphatic heterocycles. The van der Waals surface area contributed by atoms with Crippen LogP contribution in [-0.4, -0.2) is 40.0 Å². The number of carbonyl (C=O) groups is 2. The van der Waals surface area contributed by atoms with Gasteiger partial charge in [-0.25, -0.2) is 13.2 Å². The van der Waals surface area contributed by atoms with E-state index in [9.17, 15) is 18.0 Å². The van der Waals surface area contributed by atoms with Crippen molar-refractivity contribution in [1.29, 1.82) is 0 Å². The largest absolute Gasteiger partial charge is 0.486 e. The van der Waals surface area contributed by atoms with Crippen LogP contribution in [0.25, 0.3) is 0 Å². The Morgan fingerprint density at radius 2 is 1.70 bits per heavy atom. The third-order valence-electron chi connectivity index (χ3n) is 4.39. The summed E-state index contributed by atoms with van der Waals surface area (Å²) in [5.74, 6) is -0.247. The third kappa shape index (κ3) is 4.91. The van der Waals surface area contributed by atoms with Gasteiger partial charge in [-0.15, -0.1) is 0 Å². The monoisotopic (exact) mass is 433 g/mol. The summed E-state index contributed by atoms with van der Waals surface area (Å²) < 4.78 is 44.0. The molecule has 0 bridgehead atoms. The van der Waals surface area contributed by atoms with Crippen LogP contribution in [0.3, 0.4) is 0 Å². The maximum Gasteiger partial charge on any atom is 0.340 e. The number of rotatable bonds is 6. The minimum absolute atomic E-state index is 0.000303. The number of Topliss-reactive ketones (excluding diaryl/α,β-unsaturated/α-hetero) is 1. The summed E-state index contributed by atoms with van der Waals surface area (Å²) in [4.78, 5) is 24.4. The Labute approximate surface area is 175 Å². The smallest absolute Gasteiger partial charge is 0.340 e. The number of fused-ring (bicyclic) bond motifs is 1. The SMILES string of the molecule is CC(C)(C)C(=O)COC(=O)c1ccccc1NS(=O)(=O)c1ccc2c(c1)OCCO2. The van der Waals surface area contributed by atoms with Crippen molar-refractivity contribution in [3.63, 3.8) is 0 Å². The molecule has 0 radical (unpaired) electrons. The van der Waals surface area contributed by atoms with E-state index in [-0.39, 0.29) is 21.9 Å². The summed E-state index contributed by atoms with van der Waals surface area (Å²) >= 11 is 0. The van der Waals surface area contributed by atoms with E-state index in [2.05, 4.69) is 4.72 Å². The fraction of sp³-hybridized carbons (Fsp3) is 0.333. The van der Waals surface area contributed by atoms with E-state index >= 15 is 0 Å². The van der Waals surface area contributed by atoms with Gasteiger partial charge in [0.15, 0.2) is 23.9 Å². The Morgan fingerprint density at radius 1 is 1.03 bits per heavy atom. The second-order valence-electron chi connectivity index (χ2n) is 7.71. The number of sulfonamides is 1. The van der Waals surface area contributed by atoms with E-state index < -0.39 is 28.0 Å². The first kappa shape index (κ1) is 21.6. The average molecular weight is 433 g/mol. The number of benzene rings is 2. The molecule has 0 atom stereocenters. The third-order valence-corrected chi connectivity index (χ3v) is 5.75. The van der Waals surface area contributed by atoms with Gasteiger partial charge in [-0.2, -0.15) is 0 Å². The van der Waals surface area contributed by atoms with E-state index in [1.165, 1.54) is 30.3 Å². The predicted octanol–water partition coefficient (Wildman–Crippen LogP) is 3.03. The Bertz CT molecular complexity index is 1070. The van der Waals surface area contributed by atoms with Crippen LogP contribution in [0.15, 0.2) is 47.4 Å². The molecule has 3 rings (SSSR count). The molecule has 0 saturated heterocycles. The summed E-state index contributed by atoms with van der Waals surface area (Å²) in [6, 6.07) is 10.3. The quantitative estimate of drug-likeness (QED) is 0.698. The van der Waals surface area contributed by atoms with Crippen LogP contribution in [0, 0.1) is 5.41 Å². The van der Waals surface area contributed by atoms with Crippen molar-refractivity contribution in [2.45, 2.75) is 25.7 Å². The van der Waals surface area contributed by atoms with Gasteiger partial charge < -0.3 is 14.2 Å². The summed E-state index contributed by atoms with van der Waals surface area (Å²) in [7, 11) is -4.02. The van der Waals surface area contributed by atoms with Crippen LogP contribution in [-0.2, 0) is 19.6 Å². The van der Waals surface area contributed by atoms with Crippen molar-refractivity contribution in [3.8, 4) is 11.5 Å². The lowest BCUT2D eigenvalue weighted by atomic mass is 9.91. The average Bonchev–Trinajstić information content (AvgIpc) is 2.70. The first-order valence-electron chi connectivity index (χ1n) is 9.30. The first-order chi connectivity index (χ1) is 14.1. The number of anilines is 1. The number of nitrogens with one attached hydrogen (secondary N) is 1. The van der Waals surface area contributed by atoms with Crippen LogP contribution in [0.2, 0.25) is 0 Å². The lowest BCUT2D eigenvalue weighted by molar-refractivity contribution is -0.129. The topological polar surface area (TPSA) is 108 Å². The second-order valence-corrected chi connectivity index (χ2v) is 9.39. The molecule has 0 amide bonds. The van der Waals surface area contributed by atoms with E-state index in [1.807, 2.05) is 0 Å². The minimum atomic E-state index is -4.02. The Hall–Kier alpha value is -3.07. The normalized spacial score (nSPS) is 13.4. The number of ether oxygens (including phenoxy) is 3. The number of para-hydroxylation sites is 1. The predicted molar refractivity (Wildman–Crippen MR) is 109 cm³/mol. The molecule has 1 aliphatic rings. The number of ketones is 1. The molecule has 1 heterocycles. The zero-order valence-electron chi connectivity index (χ0n) is 16.9. The van der Waals surface area contributed by atoms with Gasteiger partial charge in [0.25, 0.3) is 10.0 Å². The summed E-state index contributed by atoms with van der Waals surface area (Å²) in [5, 5.41) is 0. The van der Waals surface area contributed by atoms with Crippen LogP contribution in [0.4, 0.5) is 5.69 Å². The molecule has 8 nitrogen and oxygen atoms in total. The van der Waals surface area contributed by atoms with Gasteiger partial charge >= 0.3 is 5.97 Å². The van der Waals surface area contributed by atoms with Crippen LogP contribution < -0.4 is 14.2 Å². The second kappa shape index (κ2) is 8.35. The maximum atomic E-state index is 12.8. The van der Waals surface area contributed by atoms with E-state index in [4.69, 9.17) is 14.2 Å². The van der Waals surface area contributed by atoms with Crippen molar-refractivity contribution in [2.75, 3.05) is 24.5 Å². The van der Waals surface area contributed by atoms with Gasteiger partial charge in [0.1, 0.15) is 13.2 Å². The molecule has 9 heteroatoms. The van der Waals surface area contributed by atoms with Crippen LogP contribution in [0.1, 0.15) is 31.1 Å². The van der Waals surface area contributed by atoms with Gasteiger partial charge in [0.2, 0.25) is 0 Å². The molecule has 0 spiro atoms. The fourth-order valence-corrected chi connectivity index (χ4v) is 3.66. The van der Waals surface area contributed by atoms with Crippen molar-refractivity contribution >= 4 is 27.5 Å². The van der Waals surface area contributed by atoms with E-state index in [0.717, 1.165) is 0 Å².